The monoisotopic (exact) mass is 292 g/mol. The Morgan fingerprint density at radius 3 is 2.48 bits per heavy atom. The largest absolute Gasteiger partial charge is 0.313 e. The minimum Gasteiger partial charge on any atom is -0.313 e. The molecule has 0 atom stereocenters. The highest BCUT2D eigenvalue weighted by atomic mass is 19.3. The highest BCUT2D eigenvalue weighted by Gasteiger charge is 2.14. The third-order valence-corrected chi connectivity index (χ3v) is 2.89. The summed E-state index contributed by atoms with van der Waals surface area (Å²) in [5.41, 5.74) is -0.577. The Hall–Kier alpha value is -2.77. The molecule has 0 bridgehead atoms. The molecule has 8 heteroatoms. The quantitative estimate of drug-likeness (QED) is 0.787. The number of hydrogen-bond acceptors (Lipinski definition) is 4. The van der Waals surface area contributed by atoms with Gasteiger partial charge in [-0.25, -0.2) is 28.1 Å². The summed E-state index contributed by atoms with van der Waals surface area (Å²) in [6.07, 6.45) is 0.359. The van der Waals surface area contributed by atoms with Gasteiger partial charge in [0.05, 0.1) is 28.4 Å². The molecule has 1 N–H and O–H groups in total. The van der Waals surface area contributed by atoms with Gasteiger partial charge in [0.1, 0.15) is 5.82 Å². The number of alkyl halides is 2. The zero-order chi connectivity index (χ0) is 15.0. The summed E-state index contributed by atoms with van der Waals surface area (Å²) in [6.45, 7) is 0. The molecule has 3 rings (SSSR count). The molecule has 0 spiro atoms. The number of H-pyrrole nitrogens is 1. The van der Waals surface area contributed by atoms with Crippen molar-refractivity contribution in [3.63, 3.8) is 0 Å². The van der Waals surface area contributed by atoms with Crippen LogP contribution < -0.4 is 5.56 Å². The molecule has 0 saturated heterocycles. The van der Waals surface area contributed by atoms with Gasteiger partial charge in [0, 0.05) is 12.4 Å². The molecule has 0 aliphatic heterocycles. The summed E-state index contributed by atoms with van der Waals surface area (Å²) in [5, 5.41) is 0.0861. The molecule has 5 nitrogen and oxygen atoms in total. The van der Waals surface area contributed by atoms with E-state index in [9.17, 15) is 18.0 Å². The summed E-state index contributed by atoms with van der Waals surface area (Å²) in [5.74, 6) is -0.785. The van der Waals surface area contributed by atoms with Crippen LogP contribution >= 0.6 is 0 Å². The van der Waals surface area contributed by atoms with Crippen LogP contribution in [0.5, 0.6) is 0 Å². The molecule has 3 aromatic rings. The Balaban J connectivity index is 2.16. The molecule has 1 aromatic carbocycles. The predicted octanol–water partition coefficient (Wildman–Crippen LogP) is 2.46. The number of aromatic nitrogens is 4. The summed E-state index contributed by atoms with van der Waals surface area (Å²) >= 11 is 0. The Bertz CT molecular complexity index is 861. The first kappa shape index (κ1) is 13.2. The number of fused-ring (bicyclic) bond motifs is 1. The summed E-state index contributed by atoms with van der Waals surface area (Å²) < 4.78 is 38.9. The van der Waals surface area contributed by atoms with E-state index in [1.165, 1.54) is 12.4 Å². The lowest BCUT2D eigenvalue weighted by atomic mass is 10.1. The van der Waals surface area contributed by atoms with E-state index in [2.05, 4.69) is 19.9 Å². The van der Waals surface area contributed by atoms with E-state index in [1.807, 2.05) is 0 Å². The first-order chi connectivity index (χ1) is 10.1. The van der Waals surface area contributed by atoms with Gasteiger partial charge in [-0.15, -0.1) is 0 Å². The molecule has 0 aliphatic rings. The molecule has 0 saturated carbocycles. The van der Waals surface area contributed by atoms with E-state index in [0.29, 0.717) is 0 Å². The lowest BCUT2D eigenvalue weighted by Crippen LogP contribution is -2.07. The normalized spacial score (nSPS) is 11.2. The maximum Gasteiger partial charge on any atom is 0.266 e. The maximum absolute atomic E-state index is 14.0. The van der Waals surface area contributed by atoms with Crippen LogP contribution in [0.1, 0.15) is 12.0 Å². The van der Waals surface area contributed by atoms with Gasteiger partial charge in [-0.05, 0) is 12.1 Å². The Morgan fingerprint density at radius 2 is 1.81 bits per heavy atom. The van der Waals surface area contributed by atoms with Crippen molar-refractivity contribution in [1.82, 2.24) is 19.9 Å². The molecule has 0 amide bonds. The first-order valence-corrected chi connectivity index (χ1v) is 5.83. The van der Waals surface area contributed by atoms with Gasteiger partial charge in [-0.2, -0.15) is 0 Å². The van der Waals surface area contributed by atoms with Crippen molar-refractivity contribution in [2.24, 2.45) is 0 Å². The number of hydrogen-bond donors (Lipinski definition) is 1. The van der Waals surface area contributed by atoms with Crippen LogP contribution in [-0.4, -0.2) is 19.9 Å². The van der Waals surface area contributed by atoms with Crippen LogP contribution in [0.4, 0.5) is 13.2 Å². The molecular formula is C13H7F3N4O. The van der Waals surface area contributed by atoms with Crippen molar-refractivity contribution in [2.75, 3.05) is 0 Å². The topological polar surface area (TPSA) is 71.5 Å². The summed E-state index contributed by atoms with van der Waals surface area (Å²) in [4.78, 5) is 25.2. The van der Waals surface area contributed by atoms with E-state index < -0.39 is 17.8 Å². The van der Waals surface area contributed by atoms with Crippen molar-refractivity contribution >= 4 is 10.9 Å². The molecule has 0 fully saturated rings. The van der Waals surface area contributed by atoms with Crippen molar-refractivity contribution in [2.45, 2.75) is 6.43 Å². The Kier molecular flexibility index (Phi) is 3.13. The highest BCUT2D eigenvalue weighted by Crippen LogP contribution is 2.24. The fraction of sp³-hybridized carbons (Fsp3) is 0.0769. The van der Waals surface area contributed by atoms with Gasteiger partial charge >= 0.3 is 0 Å². The molecular weight excluding hydrogens is 285 g/mol. The maximum atomic E-state index is 14.0. The fourth-order valence-corrected chi connectivity index (χ4v) is 1.85. The lowest BCUT2D eigenvalue weighted by molar-refractivity contribution is 0.150. The number of halogens is 3. The van der Waals surface area contributed by atoms with E-state index in [1.54, 1.807) is 0 Å². The Labute approximate surface area is 115 Å². The second-order valence-corrected chi connectivity index (χ2v) is 4.22. The molecule has 0 aliphatic carbocycles. The van der Waals surface area contributed by atoms with Crippen molar-refractivity contribution in [1.29, 1.82) is 0 Å². The number of nitrogens with zero attached hydrogens (tertiary/aromatic N) is 3. The average molecular weight is 292 g/mol. The summed E-state index contributed by atoms with van der Waals surface area (Å²) in [7, 11) is 0. The zero-order valence-electron chi connectivity index (χ0n) is 10.3. The van der Waals surface area contributed by atoms with Gasteiger partial charge in [0.25, 0.3) is 12.0 Å². The molecule has 21 heavy (non-hydrogen) atoms. The van der Waals surface area contributed by atoms with Crippen molar-refractivity contribution in [3.05, 3.63) is 52.6 Å². The van der Waals surface area contributed by atoms with Crippen molar-refractivity contribution < 1.29 is 13.2 Å². The van der Waals surface area contributed by atoms with Crippen LogP contribution in [0.25, 0.3) is 22.3 Å². The number of rotatable bonds is 2. The third-order valence-electron chi connectivity index (χ3n) is 2.89. The van der Waals surface area contributed by atoms with Crippen molar-refractivity contribution in [3.8, 4) is 11.4 Å². The fourth-order valence-electron chi connectivity index (χ4n) is 1.85. The predicted molar refractivity (Wildman–Crippen MR) is 68.3 cm³/mol. The van der Waals surface area contributed by atoms with Gasteiger partial charge in [-0.1, -0.05) is 0 Å². The highest BCUT2D eigenvalue weighted by molar-refractivity contribution is 5.82. The van der Waals surface area contributed by atoms with Gasteiger partial charge in [0.2, 0.25) is 0 Å². The number of benzene rings is 1. The van der Waals surface area contributed by atoms with E-state index in [4.69, 9.17) is 0 Å². The van der Waals surface area contributed by atoms with Crippen LogP contribution in [0.2, 0.25) is 0 Å². The van der Waals surface area contributed by atoms with Crippen LogP contribution in [0.3, 0.4) is 0 Å². The molecule has 2 aromatic heterocycles. The smallest absolute Gasteiger partial charge is 0.266 e. The minimum absolute atomic E-state index is 0.0126. The van der Waals surface area contributed by atoms with E-state index in [-0.39, 0.29) is 27.9 Å². The molecule has 0 radical (unpaired) electrons. The number of nitrogens with one attached hydrogen (secondary N) is 1. The summed E-state index contributed by atoms with van der Waals surface area (Å²) in [6, 6.07) is 2.32. The SMILES string of the molecule is O=c1[nH]cnc2cc(-c3ncc(C(F)F)cn3)c(F)cc12. The van der Waals surface area contributed by atoms with E-state index in [0.717, 1.165) is 18.5 Å². The van der Waals surface area contributed by atoms with Crippen LogP contribution in [0, 0.1) is 5.82 Å². The standard InChI is InChI=1S/C13H7F3N4O/c14-9-1-8-10(19-5-20-13(8)21)2-7(9)12-17-3-6(4-18-12)11(15)16/h1-5,11H,(H,19,20,21). The van der Waals surface area contributed by atoms with Gasteiger partial charge in [0.15, 0.2) is 5.82 Å². The third kappa shape index (κ3) is 2.35. The average Bonchev–Trinajstić information content (AvgIpc) is 2.48. The lowest BCUT2D eigenvalue weighted by Gasteiger charge is -2.05. The zero-order valence-corrected chi connectivity index (χ0v) is 10.3. The Morgan fingerprint density at radius 1 is 1.10 bits per heavy atom. The molecule has 0 unspecified atom stereocenters. The second kappa shape index (κ2) is 4.97. The molecule has 2 heterocycles. The van der Waals surface area contributed by atoms with Crippen LogP contribution in [0.15, 0.2) is 35.6 Å². The molecule has 106 valence electrons. The van der Waals surface area contributed by atoms with Gasteiger partial charge in [-0.3, -0.25) is 4.79 Å². The van der Waals surface area contributed by atoms with E-state index >= 15 is 0 Å². The first-order valence-electron chi connectivity index (χ1n) is 5.83. The number of aromatic amines is 1. The van der Waals surface area contributed by atoms with Crippen LogP contribution in [-0.2, 0) is 0 Å². The minimum atomic E-state index is -2.69. The second-order valence-electron chi connectivity index (χ2n) is 4.22. The van der Waals surface area contributed by atoms with Gasteiger partial charge < -0.3 is 4.98 Å².